The van der Waals surface area contributed by atoms with Crippen LogP contribution in [-0.2, 0) is 9.47 Å². The molecule has 66 valence electrons. The van der Waals surface area contributed by atoms with Crippen LogP contribution in [0.5, 0.6) is 0 Å². The number of hydrogen-bond donors (Lipinski definition) is 2. The van der Waals surface area contributed by atoms with E-state index in [0.717, 1.165) is 6.42 Å². The second-order valence-electron chi connectivity index (χ2n) is 3.23. The zero-order chi connectivity index (χ0) is 8.48. The largest absolute Gasteiger partial charge is 0.366 e. The molecule has 0 saturated carbocycles. The first-order chi connectivity index (χ1) is 4.99. The maximum atomic E-state index is 9.26. The fourth-order valence-electron chi connectivity index (χ4n) is 1.09. The summed E-state index contributed by atoms with van der Waals surface area (Å²) in [5, 5.41) is 9.26. The smallest absolute Gasteiger partial charge is 0.160 e. The van der Waals surface area contributed by atoms with Gasteiger partial charge in [0, 0.05) is 6.42 Å². The lowest BCUT2D eigenvalue weighted by atomic mass is 10.2. The van der Waals surface area contributed by atoms with Crippen molar-refractivity contribution in [3.05, 3.63) is 0 Å². The summed E-state index contributed by atoms with van der Waals surface area (Å²) in [7, 11) is 0. The van der Waals surface area contributed by atoms with Gasteiger partial charge < -0.3 is 20.3 Å². The van der Waals surface area contributed by atoms with Gasteiger partial charge in [-0.3, -0.25) is 0 Å². The SMILES string of the molecule is CC(C)(O)OC1CCOC1N. The minimum atomic E-state index is -1.12. The van der Waals surface area contributed by atoms with Gasteiger partial charge in [-0.15, -0.1) is 0 Å². The third-order valence-corrected chi connectivity index (χ3v) is 1.52. The van der Waals surface area contributed by atoms with E-state index >= 15 is 0 Å². The molecule has 1 rings (SSSR count). The second kappa shape index (κ2) is 3.06. The third kappa shape index (κ3) is 2.75. The van der Waals surface area contributed by atoms with Crippen molar-refractivity contribution in [2.24, 2.45) is 5.73 Å². The molecule has 0 amide bonds. The van der Waals surface area contributed by atoms with Crippen molar-refractivity contribution in [2.75, 3.05) is 6.61 Å². The van der Waals surface area contributed by atoms with Gasteiger partial charge in [0.2, 0.25) is 0 Å². The lowest BCUT2D eigenvalue weighted by Gasteiger charge is -2.24. The first-order valence-electron chi connectivity index (χ1n) is 3.76. The first kappa shape index (κ1) is 8.93. The fourth-order valence-corrected chi connectivity index (χ4v) is 1.09. The van der Waals surface area contributed by atoms with Crippen molar-refractivity contribution in [3.8, 4) is 0 Å². The molecule has 4 nitrogen and oxygen atoms in total. The highest BCUT2D eigenvalue weighted by atomic mass is 16.6. The number of aliphatic hydroxyl groups is 1. The van der Waals surface area contributed by atoms with Gasteiger partial charge in [-0.05, 0) is 13.8 Å². The Kier molecular flexibility index (Phi) is 2.49. The Balaban J connectivity index is 2.37. The summed E-state index contributed by atoms with van der Waals surface area (Å²) in [5.74, 6) is -1.12. The standard InChI is InChI=1S/C7H15NO3/c1-7(2,9)11-5-3-4-10-6(5)8/h5-6,9H,3-4,8H2,1-2H3. The molecule has 1 aliphatic rings. The van der Waals surface area contributed by atoms with Crippen LogP contribution in [0.3, 0.4) is 0 Å². The van der Waals surface area contributed by atoms with Crippen LogP contribution in [0.15, 0.2) is 0 Å². The topological polar surface area (TPSA) is 64.7 Å². The van der Waals surface area contributed by atoms with Gasteiger partial charge in [-0.25, -0.2) is 0 Å². The normalized spacial score (nSPS) is 32.7. The Hall–Kier alpha value is -0.160. The van der Waals surface area contributed by atoms with Crippen molar-refractivity contribution in [1.29, 1.82) is 0 Å². The molecule has 4 heteroatoms. The molecule has 1 aliphatic heterocycles. The Labute approximate surface area is 66.3 Å². The Morgan fingerprint density at radius 3 is 2.64 bits per heavy atom. The minimum absolute atomic E-state index is 0.171. The molecule has 0 bridgehead atoms. The second-order valence-corrected chi connectivity index (χ2v) is 3.23. The molecule has 2 atom stereocenters. The van der Waals surface area contributed by atoms with Gasteiger partial charge in [-0.2, -0.15) is 0 Å². The summed E-state index contributed by atoms with van der Waals surface area (Å²) in [6.07, 6.45) is 0.196. The zero-order valence-electron chi connectivity index (χ0n) is 6.91. The average molecular weight is 161 g/mol. The van der Waals surface area contributed by atoms with Crippen LogP contribution >= 0.6 is 0 Å². The molecule has 0 aromatic rings. The number of nitrogens with two attached hydrogens (primary N) is 1. The van der Waals surface area contributed by atoms with Gasteiger partial charge in [0.05, 0.1) is 6.61 Å². The first-order valence-corrected chi connectivity index (χ1v) is 3.76. The van der Waals surface area contributed by atoms with Crippen LogP contribution in [-0.4, -0.2) is 29.8 Å². The Morgan fingerprint density at radius 2 is 2.27 bits per heavy atom. The van der Waals surface area contributed by atoms with Crippen molar-refractivity contribution >= 4 is 0 Å². The predicted octanol–water partition coefficient (Wildman–Crippen LogP) is -0.195. The van der Waals surface area contributed by atoms with Crippen LogP contribution < -0.4 is 5.73 Å². The molecule has 1 heterocycles. The van der Waals surface area contributed by atoms with Crippen molar-refractivity contribution in [3.63, 3.8) is 0 Å². The summed E-state index contributed by atoms with van der Waals surface area (Å²) < 4.78 is 10.3. The molecule has 1 fully saturated rings. The molecule has 0 radical (unpaired) electrons. The van der Waals surface area contributed by atoms with Crippen molar-refractivity contribution < 1.29 is 14.6 Å². The lowest BCUT2D eigenvalue weighted by Crippen LogP contribution is -2.39. The van der Waals surface area contributed by atoms with E-state index in [1.807, 2.05) is 0 Å². The molecular formula is C7H15NO3. The van der Waals surface area contributed by atoms with E-state index in [-0.39, 0.29) is 12.3 Å². The third-order valence-electron chi connectivity index (χ3n) is 1.52. The maximum Gasteiger partial charge on any atom is 0.160 e. The van der Waals surface area contributed by atoms with Crippen molar-refractivity contribution in [2.45, 2.75) is 38.4 Å². The fraction of sp³-hybridized carbons (Fsp3) is 1.00. The molecule has 0 aliphatic carbocycles. The van der Waals surface area contributed by atoms with Crippen LogP contribution in [0.2, 0.25) is 0 Å². The molecule has 1 saturated heterocycles. The van der Waals surface area contributed by atoms with Gasteiger partial charge in [0.1, 0.15) is 12.3 Å². The highest BCUT2D eigenvalue weighted by Gasteiger charge is 2.30. The van der Waals surface area contributed by atoms with Crippen molar-refractivity contribution in [1.82, 2.24) is 0 Å². The van der Waals surface area contributed by atoms with Crippen LogP contribution in [0.1, 0.15) is 20.3 Å². The summed E-state index contributed by atoms with van der Waals surface area (Å²) in [5.41, 5.74) is 5.53. The number of ether oxygens (including phenoxy) is 2. The number of rotatable bonds is 2. The van der Waals surface area contributed by atoms with Gasteiger partial charge in [0.15, 0.2) is 5.79 Å². The van der Waals surface area contributed by atoms with E-state index in [1.165, 1.54) is 0 Å². The lowest BCUT2D eigenvalue weighted by molar-refractivity contribution is -0.213. The molecule has 11 heavy (non-hydrogen) atoms. The molecule has 2 unspecified atom stereocenters. The Bertz CT molecular complexity index is 132. The predicted molar refractivity (Wildman–Crippen MR) is 39.7 cm³/mol. The highest BCUT2D eigenvalue weighted by molar-refractivity contribution is 4.73. The molecule has 0 aromatic heterocycles. The molecule has 0 spiro atoms. The number of hydrogen-bond acceptors (Lipinski definition) is 4. The summed E-state index contributed by atoms with van der Waals surface area (Å²) in [6.45, 7) is 3.78. The van der Waals surface area contributed by atoms with E-state index in [2.05, 4.69) is 0 Å². The van der Waals surface area contributed by atoms with E-state index in [1.54, 1.807) is 13.8 Å². The van der Waals surface area contributed by atoms with Crippen LogP contribution in [0, 0.1) is 0 Å². The summed E-state index contributed by atoms with van der Waals surface area (Å²) >= 11 is 0. The van der Waals surface area contributed by atoms with E-state index < -0.39 is 5.79 Å². The van der Waals surface area contributed by atoms with Crippen LogP contribution in [0.4, 0.5) is 0 Å². The van der Waals surface area contributed by atoms with Crippen LogP contribution in [0.25, 0.3) is 0 Å². The highest BCUT2D eigenvalue weighted by Crippen LogP contribution is 2.18. The zero-order valence-corrected chi connectivity index (χ0v) is 6.91. The van der Waals surface area contributed by atoms with Gasteiger partial charge in [-0.1, -0.05) is 0 Å². The Morgan fingerprint density at radius 1 is 1.64 bits per heavy atom. The van der Waals surface area contributed by atoms with E-state index in [4.69, 9.17) is 15.2 Å². The molecule has 3 N–H and O–H groups in total. The minimum Gasteiger partial charge on any atom is -0.366 e. The average Bonchev–Trinajstić information content (AvgIpc) is 2.12. The van der Waals surface area contributed by atoms with E-state index in [9.17, 15) is 5.11 Å². The van der Waals surface area contributed by atoms with Gasteiger partial charge in [0.25, 0.3) is 0 Å². The molecule has 0 aromatic carbocycles. The van der Waals surface area contributed by atoms with Gasteiger partial charge >= 0.3 is 0 Å². The van der Waals surface area contributed by atoms with E-state index in [0.29, 0.717) is 6.61 Å². The summed E-state index contributed by atoms with van der Waals surface area (Å²) in [6, 6.07) is 0. The molecular weight excluding hydrogens is 146 g/mol. The maximum absolute atomic E-state index is 9.26. The monoisotopic (exact) mass is 161 g/mol. The quantitative estimate of drug-likeness (QED) is 0.551. The summed E-state index contributed by atoms with van der Waals surface area (Å²) in [4.78, 5) is 0.